The second-order valence-electron chi connectivity index (χ2n) is 6.52. The van der Waals surface area contributed by atoms with Crippen molar-refractivity contribution in [3.8, 4) is 17.2 Å². The first-order valence-corrected chi connectivity index (χ1v) is 8.97. The Morgan fingerprint density at radius 1 is 1.10 bits per heavy atom. The number of hydrogen-bond donors (Lipinski definition) is 1. The first-order valence-electron chi connectivity index (χ1n) is 8.97. The van der Waals surface area contributed by atoms with Gasteiger partial charge in [-0.1, -0.05) is 0 Å². The van der Waals surface area contributed by atoms with E-state index in [-0.39, 0.29) is 11.0 Å². The van der Waals surface area contributed by atoms with Crippen LogP contribution in [0.1, 0.15) is 5.56 Å². The maximum absolute atomic E-state index is 13.0. The van der Waals surface area contributed by atoms with Gasteiger partial charge in [0.2, 0.25) is 5.91 Å². The molecule has 10 nitrogen and oxygen atoms in total. The van der Waals surface area contributed by atoms with E-state index in [1.807, 2.05) is 0 Å². The van der Waals surface area contributed by atoms with Crippen molar-refractivity contribution in [3.63, 3.8) is 0 Å². The molecule has 0 spiro atoms. The number of aryl methyl sites for hydroxylation is 2. The third-order valence-corrected chi connectivity index (χ3v) is 4.66. The number of aromatic nitrogens is 3. The summed E-state index contributed by atoms with van der Waals surface area (Å²) in [6.45, 7) is 1.26. The van der Waals surface area contributed by atoms with Gasteiger partial charge in [0.15, 0.2) is 17.1 Å². The van der Waals surface area contributed by atoms with Crippen molar-refractivity contribution in [2.24, 2.45) is 7.05 Å². The van der Waals surface area contributed by atoms with Crippen molar-refractivity contribution >= 4 is 22.6 Å². The molecular weight excluding hydrogens is 392 g/mol. The summed E-state index contributed by atoms with van der Waals surface area (Å²) < 4.78 is 17.8. The van der Waals surface area contributed by atoms with E-state index in [2.05, 4.69) is 10.3 Å². The van der Waals surface area contributed by atoms with Gasteiger partial charge in [-0.3, -0.25) is 14.2 Å². The summed E-state index contributed by atoms with van der Waals surface area (Å²) in [5.74, 6) is 0.695. The molecule has 0 aliphatic heterocycles. The summed E-state index contributed by atoms with van der Waals surface area (Å²) in [4.78, 5) is 42.5. The van der Waals surface area contributed by atoms with Crippen LogP contribution in [0.2, 0.25) is 0 Å². The molecule has 30 heavy (non-hydrogen) atoms. The predicted molar refractivity (Wildman–Crippen MR) is 111 cm³/mol. The van der Waals surface area contributed by atoms with Gasteiger partial charge in [0.05, 0.1) is 21.3 Å². The first-order chi connectivity index (χ1) is 14.3. The van der Waals surface area contributed by atoms with E-state index >= 15 is 0 Å². The maximum atomic E-state index is 13.0. The molecule has 0 aliphatic carbocycles. The largest absolute Gasteiger partial charge is 0.495 e. The van der Waals surface area contributed by atoms with Crippen LogP contribution in [0.4, 0.5) is 5.69 Å². The zero-order chi connectivity index (χ0) is 22.0. The lowest BCUT2D eigenvalue weighted by molar-refractivity contribution is -0.116. The van der Waals surface area contributed by atoms with Gasteiger partial charge < -0.3 is 19.5 Å². The lowest BCUT2D eigenvalue weighted by Crippen LogP contribution is -2.42. The number of benzene rings is 1. The number of fused-ring (bicyclic) bond motifs is 1. The lowest BCUT2D eigenvalue weighted by Gasteiger charge is -2.14. The minimum absolute atomic E-state index is 0.138. The van der Waals surface area contributed by atoms with E-state index in [1.54, 1.807) is 25.1 Å². The van der Waals surface area contributed by atoms with Gasteiger partial charge in [-0.25, -0.2) is 14.3 Å². The quantitative estimate of drug-likeness (QED) is 0.642. The van der Waals surface area contributed by atoms with Crippen molar-refractivity contribution in [2.75, 3.05) is 26.6 Å². The molecule has 0 unspecified atom stereocenters. The topological polar surface area (TPSA) is 114 Å². The van der Waals surface area contributed by atoms with Crippen molar-refractivity contribution in [2.45, 2.75) is 13.5 Å². The second kappa shape index (κ2) is 8.27. The molecule has 1 N–H and O–H groups in total. The van der Waals surface area contributed by atoms with Gasteiger partial charge in [0, 0.05) is 30.6 Å². The highest BCUT2D eigenvalue weighted by molar-refractivity contribution is 5.91. The van der Waals surface area contributed by atoms with Gasteiger partial charge in [0.25, 0.3) is 5.56 Å². The Bertz CT molecular complexity index is 1240. The van der Waals surface area contributed by atoms with Gasteiger partial charge in [-0.05, 0) is 19.1 Å². The van der Waals surface area contributed by atoms with Crippen LogP contribution < -0.4 is 30.8 Å². The molecule has 1 aromatic carbocycles. The molecule has 2 heterocycles. The maximum Gasteiger partial charge on any atom is 0.332 e. The summed E-state index contributed by atoms with van der Waals surface area (Å²) in [6, 6.07) is 4.83. The Morgan fingerprint density at radius 2 is 1.80 bits per heavy atom. The molecule has 3 rings (SSSR count). The summed E-state index contributed by atoms with van der Waals surface area (Å²) in [6.07, 6.45) is 1.52. The highest BCUT2D eigenvalue weighted by atomic mass is 16.5. The van der Waals surface area contributed by atoms with E-state index in [0.29, 0.717) is 28.5 Å². The average molecular weight is 414 g/mol. The van der Waals surface area contributed by atoms with Crippen LogP contribution in [-0.4, -0.2) is 41.4 Å². The number of methoxy groups -OCH3 is 3. The van der Waals surface area contributed by atoms with E-state index in [4.69, 9.17) is 14.2 Å². The molecule has 0 saturated carbocycles. The molecule has 0 atom stereocenters. The van der Waals surface area contributed by atoms with Crippen molar-refractivity contribution in [1.29, 1.82) is 0 Å². The zero-order valence-corrected chi connectivity index (χ0v) is 17.3. The molecule has 2 aromatic heterocycles. The molecule has 0 radical (unpaired) electrons. The smallest absolute Gasteiger partial charge is 0.332 e. The average Bonchev–Trinajstić information content (AvgIpc) is 2.74. The van der Waals surface area contributed by atoms with Gasteiger partial charge >= 0.3 is 5.69 Å². The Balaban J connectivity index is 2.01. The normalized spacial score (nSPS) is 10.7. The van der Waals surface area contributed by atoms with Crippen LogP contribution in [0.3, 0.4) is 0 Å². The first kappa shape index (κ1) is 20.9. The van der Waals surface area contributed by atoms with E-state index < -0.39 is 23.7 Å². The van der Waals surface area contributed by atoms with Crippen LogP contribution in [0.5, 0.6) is 17.2 Å². The number of nitrogens with zero attached hydrogens (tertiary/aromatic N) is 3. The van der Waals surface area contributed by atoms with Crippen LogP contribution >= 0.6 is 0 Å². The fourth-order valence-corrected chi connectivity index (χ4v) is 3.18. The van der Waals surface area contributed by atoms with Crippen LogP contribution in [-0.2, 0) is 18.4 Å². The van der Waals surface area contributed by atoms with Crippen molar-refractivity contribution in [1.82, 2.24) is 14.1 Å². The molecular formula is C20H22N4O6. The Kier molecular flexibility index (Phi) is 5.77. The Labute approximate surface area is 171 Å². The monoisotopic (exact) mass is 414 g/mol. The van der Waals surface area contributed by atoms with E-state index in [0.717, 1.165) is 4.57 Å². The summed E-state index contributed by atoms with van der Waals surface area (Å²) >= 11 is 0. The number of nitrogens with one attached hydrogen (secondary N) is 1. The molecule has 1 amide bonds. The molecule has 0 fully saturated rings. The molecule has 10 heteroatoms. The molecule has 3 aromatic rings. The molecule has 158 valence electrons. The number of rotatable bonds is 6. The molecule has 0 aliphatic rings. The number of anilines is 1. The summed E-state index contributed by atoms with van der Waals surface area (Å²) in [5, 5.41) is 2.79. The minimum Gasteiger partial charge on any atom is -0.495 e. The number of hydrogen-bond acceptors (Lipinski definition) is 7. The fourth-order valence-electron chi connectivity index (χ4n) is 3.18. The Hall–Kier alpha value is -3.82. The molecule has 0 saturated heterocycles. The zero-order valence-electron chi connectivity index (χ0n) is 17.3. The van der Waals surface area contributed by atoms with Gasteiger partial charge in [-0.2, -0.15) is 0 Å². The SMILES string of the molecule is COc1ccc(NC(=O)Cn2c(=O)c3c(OC)c(C)cnc3n(C)c2=O)cc1OC. The number of carbonyl (C=O) groups is 1. The lowest BCUT2D eigenvalue weighted by atomic mass is 10.2. The molecule has 0 bridgehead atoms. The summed E-state index contributed by atoms with van der Waals surface area (Å²) in [5.41, 5.74) is -0.0542. The van der Waals surface area contributed by atoms with Gasteiger partial charge in [0.1, 0.15) is 17.7 Å². The van der Waals surface area contributed by atoms with Crippen LogP contribution in [0.15, 0.2) is 34.0 Å². The van der Waals surface area contributed by atoms with Crippen LogP contribution in [0, 0.1) is 6.92 Å². The number of carbonyl (C=O) groups excluding carboxylic acids is 1. The van der Waals surface area contributed by atoms with Crippen molar-refractivity contribution in [3.05, 3.63) is 50.8 Å². The minimum atomic E-state index is -0.659. The number of amides is 1. The van der Waals surface area contributed by atoms with E-state index in [9.17, 15) is 14.4 Å². The third-order valence-electron chi connectivity index (χ3n) is 4.66. The fraction of sp³-hybridized carbons (Fsp3) is 0.300. The third kappa shape index (κ3) is 3.59. The predicted octanol–water partition coefficient (Wildman–Crippen LogP) is 1.07. The van der Waals surface area contributed by atoms with Gasteiger partial charge in [-0.15, -0.1) is 0 Å². The standard InChI is InChI=1S/C20H22N4O6/c1-11-9-21-18-16(17(11)30-5)19(26)24(20(27)23(18)2)10-15(25)22-12-6-7-13(28-3)14(8-12)29-4/h6-9H,10H2,1-5H3,(H,22,25). The number of pyridine rings is 1. The van der Waals surface area contributed by atoms with E-state index in [1.165, 1.54) is 39.1 Å². The van der Waals surface area contributed by atoms with Crippen LogP contribution in [0.25, 0.3) is 11.0 Å². The Morgan fingerprint density at radius 3 is 2.43 bits per heavy atom. The highest BCUT2D eigenvalue weighted by Gasteiger charge is 2.19. The highest BCUT2D eigenvalue weighted by Crippen LogP contribution is 2.29. The number of ether oxygens (including phenoxy) is 3. The summed E-state index contributed by atoms with van der Waals surface area (Å²) in [7, 11) is 5.89. The second-order valence-corrected chi connectivity index (χ2v) is 6.52. The van der Waals surface area contributed by atoms with Crippen molar-refractivity contribution < 1.29 is 19.0 Å².